The molecule has 2 N–H and O–H groups in total. The van der Waals surface area contributed by atoms with Crippen LogP contribution in [0, 0.1) is 31.1 Å². The van der Waals surface area contributed by atoms with Crippen LogP contribution in [0.2, 0.25) is 0 Å². The van der Waals surface area contributed by atoms with Crippen LogP contribution in [-0.2, 0) is 4.79 Å². The zero-order valence-electron chi connectivity index (χ0n) is 16.7. The number of nitrogens with one attached hydrogen (secondary N) is 2. The highest BCUT2D eigenvalue weighted by molar-refractivity contribution is 7.10. The molecule has 1 amide bonds. The van der Waals surface area contributed by atoms with Crippen LogP contribution in [0.1, 0.15) is 43.4 Å². The molecule has 3 heterocycles. The third kappa shape index (κ3) is 4.17. The fraction of sp³-hybridized carbons (Fsp3) is 0.550. The largest absolute Gasteiger partial charge is 0.351 e. The molecule has 2 fully saturated rings. The van der Waals surface area contributed by atoms with E-state index in [1.807, 2.05) is 19.9 Å². The van der Waals surface area contributed by atoms with Crippen molar-refractivity contribution in [1.82, 2.24) is 19.7 Å². The van der Waals surface area contributed by atoms with Crippen LogP contribution < -0.4 is 15.5 Å². The number of carbonyl (C=O) groups excluding carboxylic acids is 1. The minimum absolute atomic E-state index is 0.0964. The van der Waals surface area contributed by atoms with Crippen molar-refractivity contribution < 1.29 is 4.79 Å². The second kappa shape index (κ2) is 7.95. The zero-order chi connectivity index (χ0) is 20.4. The first-order valence-corrected chi connectivity index (χ1v) is 10.7. The van der Waals surface area contributed by atoms with Gasteiger partial charge in [-0.1, -0.05) is 12.8 Å². The molecule has 2 aliphatic rings. The minimum atomic E-state index is -0.492. The minimum Gasteiger partial charge on any atom is -0.351 e. The van der Waals surface area contributed by atoms with Gasteiger partial charge >= 0.3 is 0 Å². The topological polar surface area (TPSA) is 107 Å². The van der Waals surface area contributed by atoms with Gasteiger partial charge in [0, 0.05) is 30.8 Å². The van der Waals surface area contributed by atoms with Gasteiger partial charge in [-0.05, 0) is 44.3 Å². The normalized spacial score (nSPS) is 18.2. The van der Waals surface area contributed by atoms with E-state index < -0.39 is 5.54 Å². The summed E-state index contributed by atoms with van der Waals surface area (Å²) in [7, 11) is 0. The molecule has 2 aromatic rings. The second-order valence-electron chi connectivity index (χ2n) is 8.10. The highest BCUT2D eigenvalue weighted by atomic mass is 32.1. The van der Waals surface area contributed by atoms with Crippen molar-refractivity contribution in [2.75, 3.05) is 23.3 Å². The van der Waals surface area contributed by atoms with Gasteiger partial charge in [-0.3, -0.25) is 4.79 Å². The van der Waals surface area contributed by atoms with E-state index in [1.54, 1.807) is 6.20 Å². The monoisotopic (exact) mass is 411 g/mol. The van der Waals surface area contributed by atoms with Crippen LogP contribution in [0.25, 0.3) is 0 Å². The van der Waals surface area contributed by atoms with Crippen LogP contribution in [0.15, 0.2) is 12.3 Å². The summed E-state index contributed by atoms with van der Waals surface area (Å²) < 4.78 is 4.26. The smallest absolute Gasteiger partial charge is 0.229 e. The Morgan fingerprint density at radius 2 is 2.14 bits per heavy atom. The summed E-state index contributed by atoms with van der Waals surface area (Å²) in [5.41, 5.74) is 1.42. The van der Waals surface area contributed by atoms with Gasteiger partial charge in [-0.2, -0.15) is 14.6 Å². The maximum absolute atomic E-state index is 12.6. The molecule has 1 aliphatic carbocycles. The molecule has 0 unspecified atom stereocenters. The fourth-order valence-electron chi connectivity index (χ4n) is 4.12. The third-order valence-electron chi connectivity index (χ3n) is 5.63. The molecule has 9 heteroatoms. The molecule has 1 saturated heterocycles. The van der Waals surface area contributed by atoms with Crippen molar-refractivity contribution in [3.63, 3.8) is 0 Å². The average Bonchev–Trinajstić information content (AvgIpc) is 3.33. The molecular formula is C20H25N7OS. The van der Waals surface area contributed by atoms with Gasteiger partial charge in [0.25, 0.3) is 0 Å². The van der Waals surface area contributed by atoms with Crippen LogP contribution in [0.5, 0.6) is 0 Å². The van der Waals surface area contributed by atoms with E-state index in [4.69, 9.17) is 0 Å². The molecule has 1 aliphatic heterocycles. The van der Waals surface area contributed by atoms with E-state index in [0.717, 1.165) is 47.8 Å². The van der Waals surface area contributed by atoms with Crippen molar-refractivity contribution in [2.24, 2.45) is 5.92 Å². The Morgan fingerprint density at radius 3 is 2.79 bits per heavy atom. The Morgan fingerprint density at radius 1 is 1.38 bits per heavy atom. The molecule has 1 saturated carbocycles. The standard InChI is InChI=1S/C20H25N7OS/c1-13-10-22-19(23-16-9-14(2)26-29-16)24-17(13)27-11-20(12-27,7-8-21)25-18(28)15-5-3-4-6-15/h9-10,15H,3-7,11-12H2,1-2H3,(H,25,28)(H,22,23,24). The Hall–Kier alpha value is -2.73. The zero-order valence-corrected chi connectivity index (χ0v) is 17.6. The van der Waals surface area contributed by atoms with Gasteiger partial charge in [0.05, 0.1) is 23.7 Å². The number of carbonyl (C=O) groups is 1. The van der Waals surface area contributed by atoms with Crippen molar-refractivity contribution in [2.45, 2.75) is 51.5 Å². The van der Waals surface area contributed by atoms with Gasteiger partial charge in [0.1, 0.15) is 10.8 Å². The summed E-state index contributed by atoms with van der Waals surface area (Å²) in [6.07, 6.45) is 6.23. The summed E-state index contributed by atoms with van der Waals surface area (Å²) >= 11 is 1.37. The maximum atomic E-state index is 12.6. The number of amides is 1. The summed E-state index contributed by atoms with van der Waals surface area (Å²) in [4.78, 5) is 23.8. The molecule has 152 valence electrons. The Balaban J connectivity index is 1.45. The predicted octanol–water partition coefficient (Wildman–Crippen LogP) is 3.07. The number of aryl methyl sites for hydroxylation is 2. The van der Waals surface area contributed by atoms with Crippen LogP contribution in [0.4, 0.5) is 16.8 Å². The summed E-state index contributed by atoms with van der Waals surface area (Å²) in [6.45, 7) is 5.07. The number of aromatic nitrogens is 3. The lowest BCUT2D eigenvalue weighted by molar-refractivity contribution is -0.127. The lowest BCUT2D eigenvalue weighted by Gasteiger charge is -2.50. The molecule has 8 nitrogen and oxygen atoms in total. The van der Waals surface area contributed by atoms with Gasteiger partial charge in [-0.15, -0.1) is 0 Å². The first-order chi connectivity index (χ1) is 14.0. The molecule has 0 spiro atoms. The maximum Gasteiger partial charge on any atom is 0.229 e. The van der Waals surface area contributed by atoms with Gasteiger partial charge < -0.3 is 15.5 Å². The fourth-order valence-corrected chi connectivity index (χ4v) is 4.77. The van der Waals surface area contributed by atoms with Crippen LogP contribution >= 0.6 is 11.5 Å². The first-order valence-electron chi connectivity index (χ1n) is 9.96. The van der Waals surface area contributed by atoms with E-state index >= 15 is 0 Å². The van der Waals surface area contributed by atoms with Crippen molar-refractivity contribution in [3.05, 3.63) is 23.5 Å². The number of hydrogen-bond donors (Lipinski definition) is 2. The lowest BCUT2D eigenvalue weighted by Crippen LogP contribution is -2.71. The predicted molar refractivity (Wildman–Crippen MR) is 112 cm³/mol. The third-order valence-corrected chi connectivity index (χ3v) is 6.42. The highest BCUT2D eigenvalue weighted by Gasteiger charge is 2.46. The number of anilines is 3. The van der Waals surface area contributed by atoms with Crippen LogP contribution in [0.3, 0.4) is 0 Å². The highest BCUT2D eigenvalue weighted by Crippen LogP contribution is 2.33. The van der Waals surface area contributed by atoms with E-state index in [1.165, 1.54) is 11.5 Å². The Bertz CT molecular complexity index is 939. The summed E-state index contributed by atoms with van der Waals surface area (Å²) in [5, 5.41) is 16.6. The molecule has 29 heavy (non-hydrogen) atoms. The van der Waals surface area contributed by atoms with Gasteiger partial charge in [-0.25, -0.2) is 4.98 Å². The van der Waals surface area contributed by atoms with E-state index in [-0.39, 0.29) is 11.8 Å². The summed E-state index contributed by atoms with van der Waals surface area (Å²) in [6, 6.07) is 4.20. The molecule has 2 aromatic heterocycles. The number of nitriles is 1. The molecule has 0 aromatic carbocycles. The first kappa shape index (κ1) is 19.6. The number of hydrogen-bond acceptors (Lipinski definition) is 8. The average molecular weight is 412 g/mol. The molecule has 4 rings (SSSR count). The number of nitrogens with zero attached hydrogens (tertiary/aromatic N) is 5. The van der Waals surface area contributed by atoms with Crippen molar-refractivity contribution in [3.8, 4) is 6.07 Å². The van der Waals surface area contributed by atoms with Crippen LogP contribution in [-0.4, -0.2) is 38.9 Å². The number of rotatable bonds is 6. The summed E-state index contributed by atoms with van der Waals surface area (Å²) in [5.74, 6) is 1.54. The SMILES string of the molecule is Cc1cc(Nc2ncc(C)c(N3CC(CC#N)(NC(=O)C4CCCC4)C3)n2)sn1. The molecule has 0 radical (unpaired) electrons. The molecular weight excluding hydrogens is 386 g/mol. The molecule has 0 bridgehead atoms. The van der Waals surface area contributed by atoms with Gasteiger partial charge in [0.2, 0.25) is 11.9 Å². The van der Waals surface area contributed by atoms with Gasteiger partial charge in [0.15, 0.2) is 0 Å². The van der Waals surface area contributed by atoms with Crippen molar-refractivity contribution in [1.29, 1.82) is 5.26 Å². The molecule has 0 atom stereocenters. The Labute approximate surface area is 174 Å². The van der Waals surface area contributed by atoms with E-state index in [2.05, 4.69) is 35.9 Å². The van der Waals surface area contributed by atoms with E-state index in [9.17, 15) is 10.1 Å². The van der Waals surface area contributed by atoms with E-state index in [0.29, 0.717) is 25.5 Å². The second-order valence-corrected chi connectivity index (χ2v) is 8.90. The lowest BCUT2D eigenvalue weighted by atomic mass is 9.85. The van der Waals surface area contributed by atoms with Crippen molar-refractivity contribution >= 4 is 34.2 Å². The Kier molecular flexibility index (Phi) is 5.37. The quantitative estimate of drug-likeness (QED) is 0.752.